The van der Waals surface area contributed by atoms with Gasteiger partial charge in [0.25, 0.3) is 0 Å². The summed E-state index contributed by atoms with van der Waals surface area (Å²) in [5, 5.41) is -5.02. The van der Waals surface area contributed by atoms with E-state index in [2.05, 4.69) is 6.07 Å². The fourth-order valence-electron chi connectivity index (χ4n) is 4.89. The van der Waals surface area contributed by atoms with Crippen LogP contribution in [0.25, 0.3) is 0 Å². The van der Waals surface area contributed by atoms with Crippen molar-refractivity contribution < 1.29 is 40.8 Å². The number of rotatable bonds is 8. The number of halogens is 2. The Morgan fingerprint density at radius 1 is 1.00 bits per heavy atom. The summed E-state index contributed by atoms with van der Waals surface area (Å²) in [5.74, 6) is -3.21. The van der Waals surface area contributed by atoms with Crippen LogP contribution in [0.3, 0.4) is 0 Å². The van der Waals surface area contributed by atoms with Crippen LogP contribution in [0, 0.1) is 11.8 Å². The molecule has 2 aliphatic rings. The first kappa shape index (κ1) is 24.8. The van der Waals surface area contributed by atoms with Gasteiger partial charge in [0.05, 0.1) is 5.56 Å². The van der Waals surface area contributed by atoms with E-state index in [1.54, 1.807) is 0 Å². The van der Waals surface area contributed by atoms with Gasteiger partial charge in [-0.25, -0.2) is 9.59 Å². The van der Waals surface area contributed by atoms with Crippen LogP contribution < -0.4 is 0 Å². The normalized spacial score (nSPS) is 25.0. The standard InChI is InChI=1S/C19H25B3F2O7S/c20-6-9-1-12(7-21)14(8-22)13(2-9)17(25)30-15-4-11-3-10(15)5-16(11)31-18(26)19(23,24)32(27,28)29/h1-2,10-11,15-16H,3-8,20-22H2,(H,27,28,29). The average molecular weight is 468 g/mol. The summed E-state index contributed by atoms with van der Waals surface area (Å²) in [5.41, 5.74) is 3.66. The van der Waals surface area contributed by atoms with E-state index in [1.165, 1.54) is 0 Å². The second kappa shape index (κ2) is 9.17. The van der Waals surface area contributed by atoms with Crippen molar-refractivity contribution in [3.05, 3.63) is 34.4 Å². The maximum Gasteiger partial charge on any atom is 0.465 e. The molecule has 4 atom stereocenters. The highest BCUT2D eigenvalue weighted by molar-refractivity contribution is 7.87. The highest BCUT2D eigenvalue weighted by atomic mass is 32.2. The van der Waals surface area contributed by atoms with E-state index in [0.29, 0.717) is 24.7 Å². The molecule has 4 unspecified atom stereocenters. The van der Waals surface area contributed by atoms with Crippen LogP contribution in [-0.4, -0.2) is 65.9 Å². The van der Waals surface area contributed by atoms with Gasteiger partial charge in [-0.1, -0.05) is 36.2 Å². The summed E-state index contributed by atoms with van der Waals surface area (Å²) in [6.45, 7) is 0. The Labute approximate surface area is 188 Å². The van der Waals surface area contributed by atoms with Crippen LogP contribution in [0.5, 0.6) is 0 Å². The molecule has 1 aromatic rings. The zero-order valence-corrected chi connectivity index (χ0v) is 19.1. The van der Waals surface area contributed by atoms with Crippen molar-refractivity contribution in [1.29, 1.82) is 0 Å². The number of hydrogen-bond donors (Lipinski definition) is 1. The summed E-state index contributed by atoms with van der Waals surface area (Å²) in [6, 6.07) is 3.96. The molecule has 2 fully saturated rings. The molecule has 172 valence electrons. The molecule has 7 nitrogen and oxygen atoms in total. The van der Waals surface area contributed by atoms with Crippen LogP contribution in [0.4, 0.5) is 8.78 Å². The summed E-state index contributed by atoms with van der Waals surface area (Å²) in [4.78, 5) is 24.6. The zero-order chi connectivity index (χ0) is 23.8. The highest BCUT2D eigenvalue weighted by Gasteiger charge is 2.57. The Hall–Kier alpha value is -1.88. The van der Waals surface area contributed by atoms with Crippen LogP contribution in [0.2, 0.25) is 0 Å². The summed E-state index contributed by atoms with van der Waals surface area (Å²) < 4.78 is 67.4. The topological polar surface area (TPSA) is 107 Å². The first-order valence-corrected chi connectivity index (χ1v) is 12.3. The monoisotopic (exact) mass is 468 g/mol. The lowest BCUT2D eigenvalue weighted by atomic mass is 9.81. The Kier molecular flexibility index (Phi) is 7.10. The molecule has 2 bridgehead atoms. The second-order valence-electron chi connectivity index (χ2n) is 8.45. The lowest BCUT2D eigenvalue weighted by Crippen LogP contribution is -2.42. The van der Waals surface area contributed by atoms with Gasteiger partial charge in [0.1, 0.15) is 35.7 Å². The molecular formula is C19H25B3F2O7S. The molecule has 2 saturated carbocycles. The first-order valence-electron chi connectivity index (χ1n) is 10.8. The average Bonchev–Trinajstić information content (AvgIpc) is 3.31. The van der Waals surface area contributed by atoms with Gasteiger partial charge in [0.15, 0.2) is 0 Å². The molecule has 1 aromatic carbocycles. The lowest BCUT2D eigenvalue weighted by Gasteiger charge is -2.28. The van der Waals surface area contributed by atoms with Crippen molar-refractivity contribution in [2.45, 2.75) is 55.7 Å². The Balaban J connectivity index is 1.67. The van der Waals surface area contributed by atoms with Crippen LogP contribution in [0.1, 0.15) is 46.3 Å². The third kappa shape index (κ3) is 4.59. The lowest BCUT2D eigenvalue weighted by molar-refractivity contribution is -0.170. The molecule has 0 heterocycles. The largest absolute Gasteiger partial charge is 0.465 e. The van der Waals surface area contributed by atoms with Crippen molar-refractivity contribution in [2.24, 2.45) is 11.8 Å². The van der Waals surface area contributed by atoms with E-state index >= 15 is 0 Å². The maximum absolute atomic E-state index is 13.5. The third-order valence-corrected chi connectivity index (χ3v) is 7.38. The van der Waals surface area contributed by atoms with E-state index < -0.39 is 39.5 Å². The van der Waals surface area contributed by atoms with Gasteiger partial charge in [-0.2, -0.15) is 17.2 Å². The number of hydrogen-bond acceptors (Lipinski definition) is 6. The highest BCUT2D eigenvalue weighted by Crippen LogP contribution is 2.48. The Morgan fingerprint density at radius 3 is 2.06 bits per heavy atom. The summed E-state index contributed by atoms with van der Waals surface area (Å²) in [6.07, 6.45) is 1.98. The Morgan fingerprint density at radius 2 is 1.59 bits per heavy atom. The van der Waals surface area contributed by atoms with Crippen LogP contribution >= 0.6 is 0 Å². The molecule has 0 amide bonds. The molecule has 1 N–H and O–H groups in total. The fraction of sp³-hybridized carbons (Fsp3) is 0.579. The molecule has 13 heteroatoms. The maximum atomic E-state index is 13.5. The van der Waals surface area contributed by atoms with Crippen molar-refractivity contribution in [3.63, 3.8) is 0 Å². The van der Waals surface area contributed by atoms with E-state index in [4.69, 9.17) is 14.0 Å². The van der Waals surface area contributed by atoms with E-state index in [9.17, 15) is 26.8 Å². The van der Waals surface area contributed by atoms with Gasteiger partial charge in [0, 0.05) is 0 Å². The van der Waals surface area contributed by atoms with Gasteiger partial charge in [-0.3, -0.25) is 4.55 Å². The number of alkyl halides is 2. The van der Waals surface area contributed by atoms with E-state index in [0.717, 1.165) is 29.3 Å². The SMILES string of the molecule is BCc1cc(CB)c(CB)c(C(=O)OC2CC3CC2CC3OC(=O)C(F)(F)S(=O)(=O)O)c1. The zero-order valence-electron chi connectivity index (χ0n) is 18.3. The molecule has 32 heavy (non-hydrogen) atoms. The van der Waals surface area contributed by atoms with Gasteiger partial charge < -0.3 is 9.47 Å². The number of benzene rings is 1. The predicted octanol–water partition coefficient (Wildman–Crippen LogP) is -0.566. The molecule has 0 spiro atoms. The van der Waals surface area contributed by atoms with E-state index in [-0.39, 0.29) is 18.3 Å². The molecule has 0 saturated heterocycles. The van der Waals surface area contributed by atoms with Crippen LogP contribution in [-0.2, 0) is 43.3 Å². The number of esters is 2. The third-order valence-electron chi connectivity index (χ3n) is 6.57. The van der Waals surface area contributed by atoms with Gasteiger partial charge >= 0.3 is 27.3 Å². The number of ether oxygens (including phenoxy) is 2. The van der Waals surface area contributed by atoms with Crippen molar-refractivity contribution in [3.8, 4) is 0 Å². The minimum Gasteiger partial charge on any atom is -0.458 e. The minimum atomic E-state index is -5.91. The molecule has 2 aliphatic carbocycles. The quantitative estimate of drug-likeness (QED) is 0.310. The second-order valence-corrected chi connectivity index (χ2v) is 9.91. The van der Waals surface area contributed by atoms with Crippen molar-refractivity contribution >= 4 is 45.6 Å². The summed E-state index contributed by atoms with van der Waals surface area (Å²) in [7, 11) is 0.119. The molecule has 0 radical (unpaired) electrons. The number of fused-ring (bicyclic) bond motifs is 2. The predicted molar refractivity (Wildman–Crippen MR) is 120 cm³/mol. The number of carbonyl (C=O) groups excluding carboxylic acids is 2. The molecule has 0 aliphatic heterocycles. The Bertz CT molecular complexity index is 1020. The van der Waals surface area contributed by atoms with Gasteiger partial charge in [-0.05, 0) is 42.7 Å². The van der Waals surface area contributed by atoms with E-state index in [1.807, 2.05) is 29.6 Å². The van der Waals surface area contributed by atoms with Crippen molar-refractivity contribution in [1.82, 2.24) is 0 Å². The van der Waals surface area contributed by atoms with Crippen molar-refractivity contribution in [2.75, 3.05) is 0 Å². The minimum absolute atomic E-state index is 0.175. The first-order chi connectivity index (χ1) is 14.9. The molecule has 0 aromatic heterocycles. The molecular weight excluding hydrogens is 443 g/mol. The molecule has 3 rings (SSSR count). The fourth-order valence-corrected chi connectivity index (χ4v) is 5.15. The number of carbonyl (C=O) groups is 2. The smallest absolute Gasteiger partial charge is 0.458 e. The van der Waals surface area contributed by atoms with Crippen LogP contribution in [0.15, 0.2) is 12.1 Å². The van der Waals surface area contributed by atoms with Gasteiger partial charge in [0.2, 0.25) is 0 Å². The van der Waals surface area contributed by atoms with Gasteiger partial charge in [-0.15, -0.1) is 0 Å². The summed E-state index contributed by atoms with van der Waals surface area (Å²) >= 11 is 0.